The fourth-order valence-corrected chi connectivity index (χ4v) is 2.32. The van der Waals surface area contributed by atoms with Crippen LogP contribution in [0.1, 0.15) is 17.5 Å². The van der Waals surface area contributed by atoms with Crippen molar-refractivity contribution in [3.63, 3.8) is 0 Å². The molecule has 0 radical (unpaired) electrons. The summed E-state index contributed by atoms with van der Waals surface area (Å²) in [5.41, 5.74) is -3.09. The predicted octanol–water partition coefficient (Wildman–Crippen LogP) is 3.64. The third-order valence-corrected chi connectivity index (χ3v) is 3.48. The van der Waals surface area contributed by atoms with E-state index in [9.17, 15) is 31.1 Å². The molecule has 122 valence electrons. The summed E-state index contributed by atoms with van der Waals surface area (Å²) >= 11 is 0. The first-order chi connectivity index (χ1) is 9.98. The van der Waals surface area contributed by atoms with Crippen molar-refractivity contribution in [1.29, 1.82) is 0 Å². The molecule has 9 heteroatoms. The molecule has 0 aromatic heterocycles. The van der Waals surface area contributed by atoms with Crippen molar-refractivity contribution < 1.29 is 36.2 Å². The molecule has 1 aliphatic heterocycles. The maximum atomic E-state index is 12.7. The second-order valence-corrected chi connectivity index (χ2v) is 5.03. The van der Waals surface area contributed by atoms with Gasteiger partial charge < -0.3 is 10.0 Å². The van der Waals surface area contributed by atoms with Gasteiger partial charge in [0.15, 0.2) is 0 Å². The van der Waals surface area contributed by atoms with Crippen molar-refractivity contribution in [2.75, 3.05) is 18.0 Å². The van der Waals surface area contributed by atoms with Crippen LogP contribution in [-0.4, -0.2) is 24.2 Å². The molecule has 2 rings (SSSR count). The molecule has 22 heavy (non-hydrogen) atoms. The Labute approximate surface area is 121 Å². The minimum absolute atomic E-state index is 0.0499. The van der Waals surface area contributed by atoms with Gasteiger partial charge in [-0.05, 0) is 24.6 Å². The van der Waals surface area contributed by atoms with Gasteiger partial charge in [-0.3, -0.25) is 4.79 Å². The van der Waals surface area contributed by atoms with Crippen LogP contribution in [0.3, 0.4) is 0 Å². The van der Waals surface area contributed by atoms with Crippen molar-refractivity contribution >= 4 is 11.7 Å². The number of carboxylic acids is 1. The number of anilines is 1. The van der Waals surface area contributed by atoms with Gasteiger partial charge in [0.1, 0.15) is 0 Å². The molecule has 1 aromatic carbocycles. The van der Waals surface area contributed by atoms with Gasteiger partial charge in [0, 0.05) is 18.8 Å². The molecule has 0 saturated carbocycles. The van der Waals surface area contributed by atoms with Crippen molar-refractivity contribution in [2.45, 2.75) is 18.8 Å². The fraction of sp³-hybridized carbons (Fsp3) is 0.462. The lowest BCUT2D eigenvalue weighted by molar-refractivity contribution is -0.143. The molecule has 1 saturated heterocycles. The van der Waals surface area contributed by atoms with Crippen LogP contribution < -0.4 is 4.90 Å². The van der Waals surface area contributed by atoms with E-state index >= 15 is 0 Å². The van der Waals surface area contributed by atoms with E-state index in [1.165, 1.54) is 4.90 Å². The molecule has 1 heterocycles. The van der Waals surface area contributed by atoms with Crippen LogP contribution in [0.5, 0.6) is 0 Å². The van der Waals surface area contributed by atoms with Gasteiger partial charge in [-0.1, -0.05) is 0 Å². The predicted molar refractivity (Wildman–Crippen MR) is 64.4 cm³/mol. The highest BCUT2D eigenvalue weighted by Crippen LogP contribution is 2.39. The van der Waals surface area contributed by atoms with Gasteiger partial charge in [-0.2, -0.15) is 26.3 Å². The van der Waals surface area contributed by atoms with Crippen LogP contribution in [0.2, 0.25) is 0 Å². The third kappa shape index (κ3) is 3.45. The van der Waals surface area contributed by atoms with E-state index in [1.54, 1.807) is 0 Å². The number of aliphatic carboxylic acids is 1. The van der Waals surface area contributed by atoms with Crippen molar-refractivity contribution in [1.82, 2.24) is 0 Å². The summed E-state index contributed by atoms with van der Waals surface area (Å²) < 4.78 is 76.5. The summed E-state index contributed by atoms with van der Waals surface area (Å²) in [5.74, 6) is -1.92. The Morgan fingerprint density at radius 3 is 1.91 bits per heavy atom. The molecule has 0 spiro atoms. The zero-order chi connectivity index (χ0) is 16.7. The van der Waals surface area contributed by atoms with Crippen LogP contribution in [0.25, 0.3) is 0 Å². The number of alkyl halides is 6. The maximum absolute atomic E-state index is 12.7. The molecular formula is C13H11F6NO2. The standard InChI is InChI=1S/C13H11F6NO2/c14-12(15,16)8-3-9(13(17,18)19)5-10(4-8)20-2-1-7(6-20)11(21)22/h3-5,7H,1-2,6H2,(H,21,22). The Hall–Kier alpha value is -1.93. The van der Waals surface area contributed by atoms with Crippen LogP contribution >= 0.6 is 0 Å². The Kier molecular flexibility index (Phi) is 4.01. The second kappa shape index (κ2) is 5.36. The minimum atomic E-state index is -4.91. The Bertz CT molecular complexity index is 549. The molecule has 0 aliphatic carbocycles. The Morgan fingerprint density at radius 1 is 1.05 bits per heavy atom. The largest absolute Gasteiger partial charge is 0.481 e. The fourth-order valence-electron chi connectivity index (χ4n) is 2.32. The minimum Gasteiger partial charge on any atom is -0.481 e. The molecule has 1 aromatic rings. The summed E-state index contributed by atoms with van der Waals surface area (Å²) in [6.07, 6.45) is -9.66. The molecule has 3 nitrogen and oxygen atoms in total. The average Bonchev–Trinajstić information content (AvgIpc) is 2.85. The van der Waals surface area contributed by atoms with Gasteiger partial charge in [0.25, 0.3) is 0 Å². The lowest BCUT2D eigenvalue weighted by Crippen LogP contribution is -2.23. The lowest BCUT2D eigenvalue weighted by Gasteiger charge is -2.21. The molecule has 0 amide bonds. The van der Waals surface area contributed by atoms with E-state index < -0.39 is 35.4 Å². The number of nitrogens with zero attached hydrogens (tertiary/aromatic N) is 1. The highest BCUT2D eigenvalue weighted by molar-refractivity contribution is 5.72. The summed E-state index contributed by atoms with van der Waals surface area (Å²) in [6.45, 7) is -0.0243. The number of carboxylic acid groups (broad SMARTS) is 1. The van der Waals surface area contributed by atoms with E-state index in [4.69, 9.17) is 5.11 Å². The quantitative estimate of drug-likeness (QED) is 0.843. The summed E-state index contributed by atoms with van der Waals surface area (Å²) in [7, 11) is 0. The highest BCUT2D eigenvalue weighted by atomic mass is 19.4. The zero-order valence-corrected chi connectivity index (χ0v) is 11.0. The molecule has 1 fully saturated rings. The van der Waals surface area contributed by atoms with E-state index in [1.807, 2.05) is 0 Å². The number of benzene rings is 1. The maximum Gasteiger partial charge on any atom is 0.416 e. The van der Waals surface area contributed by atoms with Gasteiger partial charge in [-0.15, -0.1) is 0 Å². The molecule has 0 bridgehead atoms. The monoisotopic (exact) mass is 327 g/mol. The normalized spacial score (nSPS) is 19.5. The summed E-state index contributed by atoms with van der Waals surface area (Å²) in [5, 5.41) is 8.86. The highest BCUT2D eigenvalue weighted by Gasteiger charge is 2.38. The Balaban J connectivity index is 2.41. The van der Waals surface area contributed by atoms with Crippen LogP contribution in [0.15, 0.2) is 18.2 Å². The molecule has 1 atom stereocenters. The lowest BCUT2D eigenvalue weighted by atomic mass is 10.1. The Morgan fingerprint density at radius 2 is 1.55 bits per heavy atom. The SMILES string of the molecule is O=C(O)C1CCN(c2cc(C(F)(F)F)cc(C(F)(F)F)c2)C1. The number of halogens is 6. The molecular weight excluding hydrogens is 316 g/mol. The van der Waals surface area contributed by atoms with E-state index in [-0.39, 0.29) is 31.3 Å². The molecule has 1 unspecified atom stereocenters. The van der Waals surface area contributed by atoms with E-state index in [2.05, 4.69) is 0 Å². The first-order valence-electron chi connectivity index (χ1n) is 6.25. The second-order valence-electron chi connectivity index (χ2n) is 5.03. The molecule has 1 aliphatic rings. The third-order valence-electron chi connectivity index (χ3n) is 3.48. The van der Waals surface area contributed by atoms with Gasteiger partial charge >= 0.3 is 18.3 Å². The number of hydrogen-bond donors (Lipinski definition) is 1. The van der Waals surface area contributed by atoms with Gasteiger partial charge in [0.05, 0.1) is 17.0 Å². The number of hydrogen-bond acceptors (Lipinski definition) is 2. The number of carbonyl (C=O) groups is 1. The topological polar surface area (TPSA) is 40.5 Å². The van der Waals surface area contributed by atoms with E-state index in [0.29, 0.717) is 12.1 Å². The summed E-state index contributed by atoms with van der Waals surface area (Å²) in [4.78, 5) is 12.1. The first-order valence-corrected chi connectivity index (χ1v) is 6.25. The zero-order valence-electron chi connectivity index (χ0n) is 11.0. The van der Waals surface area contributed by atoms with Gasteiger partial charge in [0.2, 0.25) is 0 Å². The summed E-state index contributed by atoms with van der Waals surface area (Å²) in [6, 6.07) is 1.27. The van der Waals surface area contributed by atoms with Gasteiger partial charge in [-0.25, -0.2) is 0 Å². The van der Waals surface area contributed by atoms with Crippen LogP contribution in [0, 0.1) is 5.92 Å². The smallest absolute Gasteiger partial charge is 0.416 e. The van der Waals surface area contributed by atoms with Crippen LogP contribution in [-0.2, 0) is 17.1 Å². The molecule has 1 N–H and O–H groups in total. The van der Waals surface area contributed by atoms with E-state index in [0.717, 1.165) is 0 Å². The van der Waals surface area contributed by atoms with Crippen molar-refractivity contribution in [3.8, 4) is 0 Å². The van der Waals surface area contributed by atoms with Crippen LogP contribution in [0.4, 0.5) is 32.0 Å². The van der Waals surface area contributed by atoms with Crippen molar-refractivity contribution in [3.05, 3.63) is 29.3 Å². The first kappa shape index (κ1) is 16.4. The number of rotatable bonds is 2. The van der Waals surface area contributed by atoms with Crippen molar-refractivity contribution in [2.24, 2.45) is 5.92 Å². The average molecular weight is 327 g/mol.